The Morgan fingerprint density at radius 2 is 0.886 bits per heavy atom. The van der Waals surface area contributed by atoms with E-state index in [1.807, 2.05) is 12.1 Å². The fourth-order valence-electron chi connectivity index (χ4n) is 5.25. The third-order valence-corrected chi connectivity index (χ3v) is 7.52. The Balaban J connectivity index is 1.97. The molecule has 0 spiro atoms. The van der Waals surface area contributed by atoms with Gasteiger partial charge in [0.15, 0.2) is 0 Å². The van der Waals surface area contributed by atoms with Crippen molar-refractivity contribution in [2.24, 2.45) is 0 Å². The minimum absolute atomic E-state index is 0.289. The van der Waals surface area contributed by atoms with Crippen LogP contribution in [0.4, 0.5) is 0 Å². The van der Waals surface area contributed by atoms with Gasteiger partial charge in [-0.05, 0) is 66.5 Å². The van der Waals surface area contributed by atoms with Gasteiger partial charge in [-0.25, -0.2) is 0 Å². The number of rotatable bonds is 19. The van der Waals surface area contributed by atoms with Crippen molar-refractivity contribution in [2.75, 3.05) is 0 Å². The third-order valence-electron chi connectivity index (χ3n) is 7.52. The van der Waals surface area contributed by atoms with Crippen LogP contribution in [0.2, 0.25) is 0 Å². The molecule has 0 aliphatic heterocycles. The Labute approximate surface area is 216 Å². The Kier molecular flexibility index (Phi) is 14.6. The summed E-state index contributed by atoms with van der Waals surface area (Å²) in [7, 11) is 0. The van der Waals surface area contributed by atoms with Gasteiger partial charge in [-0.2, -0.15) is 0 Å². The maximum absolute atomic E-state index is 10.5. The molecule has 0 saturated heterocycles. The number of unbranched alkanes of at least 4 members (excludes halogenated alkanes) is 12. The van der Waals surface area contributed by atoms with Crippen LogP contribution in [0.1, 0.15) is 145 Å². The first-order valence-electron chi connectivity index (χ1n) is 14.7. The van der Waals surface area contributed by atoms with Crippen molar-refractivity contribution < 1.29 is 10.2 Å². The summed E-state index contributed by atoms with van der Waals surface area (Å²) in [5, 5.41) is 20.9. The number of aryl methyl sites for hydroxylation is 2. The molecule has 2 N–H and O–H groups in total. The molecular formula is C33H52O2. The van der Waals surface area contributed by atoms with Crippen LogP contribution in [0.25, 0.3) is 0 Å². The lowest BCUT2D eigenvalue weighted by molar-refractivity contribution is 0.465. The Morgan fingerprint density at radius 3 is 1.26 bits per heavy atom. The zero-order chi connectivity index (χ0) is 25.3. The zero-order valence-electron chi connectivity index (χ0n) is 23.0. The molecule has 0 amide bonds. The minimum Gasteiger partial charge on any atom is -0.508 e. The summed E-state index contributed by atoms with van der Waals surface area (Å²) in [6.07, 6.45) is 20.9. The van der Waals surface area contributed by atoms with Gasteiger partial charge in [-0.15, -0.1) is 0 Å². The Morgan fingerprint density at radius 1 is 0.514 bits per heavy atom. The van der Waals surface area contributed by atoms with Gasteiger partial charge in [0.2, 0.25) is 0 Å². The molecule has 0 aromatic heterocycles. The highest BCUT2D eigenvalue weighted by molar-refractivity contribution is 5.44. The van der Waals surface area contributed by atoms with Gasteiger partial charge < -0.3 is 10.2 Å². The van der Waals surface area contributed by atoms with Crippen molar-refractivity contribution in [3.63, 3.8) is 0 Å². The van der Waals surface area contributed by atoms with Gasteiger partial charge >= 0.3 is 0 Å². The van der Waals surface area contributed by atoms with E-state index in [1.54, 1.807) is 0 Å². The zero-order valence-corrected chi connectivity index (χ0v) is 23.0. The molecular weight excluding hydrogens is 428 g/mol. The highest BCUT2D eigenvalue weighted by Crippen LogP contribution is 2.34. The molecule has 0 aliphatic carbocycles. The first-order chi connectivity index (χ1) is 17.1. The molecule has 0 saturated carbocycles. The van der Waals surface area contributed by atoms with E-state index < -0.39 is 0 Å². The monoisotopic (exact) mass is 480 g/mol. The molecule has 0 aliphatic rings. The molecule has 2 heteroatoms. The highest BCUT2D eigenvalue weighted by atomic mass is 16.3. The van der Waals surface area contributed by atoms with Crippen molar-refractivity contribution in [2.45, 2.75) is 136 Å². The predicted molar refractivity (Wildman–Crippen MR) is 152 cm³/mol. The van der Waals surface area contributed by atoms with Crippen molar-refractivity contribution in [3.05, 3.63) is 58.7 Å². The van der Waals surface area contributed by atoms with E-state index >= 15 is 0 Å². The average molecular weight is 481 g/mol. The maximum atomic E-state index is 10.5. The highest BCUT2D eigenvalue weighted by Gasteiger charge is 2.16. The lowest BCUT2D eigenvalue weighted by atomic mass is 9.86. The SMILES string of the molecule is CCCCCCCCCc1cc(C(CC)c2ccc(O)c(CCCCCCCCC)c2)ccc1O. The summed E-state index contributed by atoms with van der Waals surface area (Å²) in [4.78, 5) is 0. The molecule has 2 aromatic rings. The fraction of sp³-hybridized carbons (Fsp3) is 0.636. The van der Waals surface area contributed by atoms with Crippen LogP contribution in [-0.2, 0) is 12.8 Å². The Hall–Kier alpha value is -1.96. The summed E-state index contributed by atoms with van der Waals surface area (Å²) in [6, 6.07) is 12.4. The van der Waals surface area contributed by atoms with E-state index in [-0.39, 0.29) is 5.92 Å². The lowest BCUT2D eigenvalue weighted by Gasteiger charge is -2.19. The topological polar surface area (TPSA) is 40.5 Å². The number of phenolic OH excluding ortho intramolecular Hbond substituents is 2. The van der Waals surface area contributed by atoms with Gasteiger partial charge in [0.05, 0.1) is 0 Å². The van der Waals surface area contributed by atoms with Crippen molar-refractivity contribution in [3.8, 4) is 11.5 Å². The number of aromatic hydroxyl groups is 2. The predicted octanol–water partition coefficient (Wildman–Crippen LogP) is 10.2. The summed E-state index contributed by atoms with van der Waals surface area (Å²) in [5.41, 5.74) is 4.71. The van der Waals surface area contributed by atoms with Crippen LogP contribution in [0.15, 0.2) is 36.4 Å². The molecule has 2 rings (SSSR count). The molecule has 2 nitrogen and oxygen atoms in total. The molecule has 35 heavy (non-hydrogen) atoms. The standard InChI is InChI=1S/C33H52O2/c1-4-7-9-11-13-15-17-19-29-25-27(21-23-32(29)34)31(6-3)28-22-24-33(35)30(26-28)20-18-16-14-12-10-8-5-2/h21-26,31,34-35H,4-20H2,1-3H3. The largest absolute Gasteiger partial charge is 0.508 e. The smallest absolute Gasteiger partial charge is 0.118 e. The van der Waals surface area contributed by atoms with Crippen LogP contribution in [0.3, 0.4) is 0 Å². The fourth-order valence-corrected chi connectivity index (χ4v) is 5.25. The molecule has 196 valence electrons. The first kappa shape index (κ1) is 29.3. The van der Waals surface area contributed by atoms with E-state index in [4.69, 9.17) is 0 Å². The van der Waals surface area contributed by atoms with E-state index in [1.165, 1.54) is 88.2 Å². The number of phenols is 2. The third kappa shape index (κ3) is 10.7. The Bertz CT molecular complexity index is 758. The van der Waals surface area contributed by atoms with E-state index in [0.717, 1.165) is 43.2 Å². The number of hydrogen-bond acceptors (Lipinski definition) is 2. The van der Waals surface area contributed by atoms with Crippen LogP contribution in [0.5, 0.6) is 11.5 Å². The molecule has 2 aromatic carbocycles. The summed E-state index contributed by atoms with van der Waals surface area (Å²) in [5.74, 6) is 1.15. The second-order valence-corrected chi connectivity index (χ2v) is 10.5. The second-order valence-electron chi connectivity index (χ2n) is 10.5. The van der Waals surface area contributed by atoms with E-state index in [2.05, 4.69) is 45.0 Å². The van der Waals surface area contributed by atoms with Gasteiger partial charge in [0.25, 0.3) is 0 Å². The van der Waals surface area contributed by atoms with Crippen molar-refractivity contribution in [1.82, 2.24) is 0 Å². The normalized spacial score (nSPS) is 11.4. The number of hydrogen-bond donors (Lipinski definition) is 2. The number of benzene rings is 2. The van der Waals surface area contributed by atoms with E-state index in [9.17, 15) is 10.2 Å². The molecule has 0 heterocycles. The van der Waals surface area contributed by atoms with Crippen LogP contribution in [-0.4, -0.2) is 10.2 Å². The van der Waals surface area contributed by atoms with Crippen LogP contribution >= 0.6 is 0 Å². The van der Waals surface area contributed by atoms with Crippen LogP contribution < -0.4 is 0 Å². The molecule has 0 atom stereocenters. The lowest BCUT2D eigenvalue weighted by Crippen LogP contribution is -2.02. The van der Waals surface area contributed by atoms with Crippen molar-refractivity contribution >= 4 is 0 Å². The van der Waals surface area contributed by atoms with Crippen molar-refractivity contribution in [1.29, 1.82) is 0 Å². The van der Waals surface area contributed by atoms with E-state index in [0.29, 0.717) is 11.5 Å². The summed E-state index contributed by atoms with van der Waals surface area (Å²) < 4.78 is 0. The molecule has 0 unspecified atom stereocenters. The molecule has 0 fully saturated rings. The molecule has 0 radical (unpaired) electrons. The first-order valence-corrected chi connectivity index (χ1v) is 14.7. The summed E-state index contributed by atoms with van der Waals surface area (Å²) in [6.45, 7) is 6.75. The van der Waals surface area contributed by atoms with Crippen LogP contribution in [0, 0.1) is 0 Å². The van der Waals surface area contributed by atoms with Gasteiger partial charge in [0, 0.05) is 5.92 Å². The maximum Gasteiger partial charge on any atom is 0.118 e. The minimum atomic E-state index is 0.289. The van der Waals surface area contributed by atoms with Gasteiger partial charge in [0.1, 0.15) is 11.5 Å². The second kappa shape index (κ2) is 17.5. The van der Waals surface area contributed by atoms with Gasteiger partial charge in [-0.1, -0.05) is 122 Å². The quantitative estimate of drug-likeness (QED) is 0.196. The average Bonchev–Trinajstić information content (AvgIpc) is 2.86. The summed E-state index contributed by atoms with van der Waals surface area (Å²) >= 11 is 0. The molecule has 0 bridgehead atoms. The van der Waals surface area contributed by atoms with Gasteiger partial charge in [-0.3, -0.25) is 0 Å².